The standard InChI is InChI=1S/C15H13BrFNO4/c1-22-7-9-4-10(6-19)18-13(15(9)21)14(20)8-2-3-12(17)11(16)5-8/h2-5,19,21H,6-7H2,1H3. The first-order valence-electron chi connectivity index (χ1n) is 6.29. The van der Waals surface area contributed by atoms with Crippen molar-refractivity contribution in [3.05, 3.63) is 57.1 Å². The van der Waals surface area contributed by atoms with Crippen molar-refractivity contribution in [1.82, 2.24) is 4.98 Å². The number of aliphatic hydroxyl groups is 1. The van der Waals surface area contributed by atoms with Crippen LogP contribution in [0, 0.1) is 5.82 Å². The molecule has 22 heavy (non-hydrogen) atoms. The third-order valence-corrected chi connectivity index (χ3v) is 3.59. The number of pyridine rings is 1. The van der Waals surface area contributed by atoms with E-state index in [4.69, 9.17) is 4.74 Å². The smallest absolute Gasteiger partial charge is 0.215 e. The van der Waals surface area contributed by atoms with Crippen molar-refractivity contribution in [3.8, 4) is 5.75 Å². The van der Waals surface area contributed by atoms with E-state index in [0.29, 0.717) is 5.56 Å². The lowest BCUT2D eigenvalue weighted by Crippen LogP contribution is -2.09. The Morgan fingerprint density at radius 3 is 2.73 bits per heavy atom. The average molecular weight is 370 g/mol. The van der Waals surface area contributed by atoms with E-state index in [2.05, 4.69) is 20.9 Å². The topological polar surface area (TPSA) is 79.7 Å². The van der Waals surface area contributed by atoms with Crippen molar-refractivity contribution in [2.24, 2.45) is 0 Å². The van der Waals surface area contributed by atoms with Gasteiger partial charge in [0.25, 0.3) is 0 Å². The third-order valence-electron chi connectivity index (χ3n) is 2.98. The molecule has 0 spiro atoms. The van der Waals surface area contributed by atoms with Crippen molar-refractivity contribution in [3.63, 3.8) is 0 Å². The summed E-state index contributed by atoms with van der Waals surface area (Å²) < 4.78 is 18.3. The van der Waals surface area contributed by atoms with Gasteiger partial charge in [-0.25, -0.2) is 9.37 Å². The number of hydrogen-bond acceptors (Lipinski definition) is 5. The number of rotatable bonds is 5. The number of carbonyl (C=O) groups is 1. The highest BCUT2D eigenvalue weighted by molar-refractivity contribution is 9.10. The van der Waals surface area contributed by atoms with Crippen molar-refractivity contribution in [2.45, 2.75) is 13.2 Å². The van der Waals surface area contributed by atoms with Gasteiger partial charge in [0.05, 0.1) is 23.4 Å². The summed E-state index contributed by atoms with van der Waals surface area (Å²) in [4.78, 5) is 16.4. The summed E-state index contributed by atoms with van der Waals surface area (Å²) in [5.74, 6) is -1.40. The molecule has 1 aromatic heterocycles. The van der Waals surface area contributed by atoms with Gasteiger partial charge in [0.1, 0.15) is 5.82 Å². The number of benzene rings is 1. The molecule has 0 bridgehead atoms. The molecule has 0 amide bonds. The minimum Gasteiger partial charge on any atom is -0.505 e. The van der Waals surface area contributed by atoms with Gasteiger partial charge in [-0.05, 0) is 40.2 Å². The second-order valence-corrected chi connectivity index (χ2v) is 5.37. The van der Waals surface area contributed by atoms with Crippen LogP contribution < -0.4 is 0 Å². The number of ether oxygens (including phenoxy) is 1. The molecule has 0 saturated carbocycles. The Morgan fingerprint density at radius 2 is 2.14 bits per heavy atom. The first-order valence-corrected chi connectivity index (χ1v) is 7.08. The molecule has 116 valence electrons. The second-order valence-electron chi connectivity index (χ2n) is 4.52. The van der Waals surface area contributed by atoms with Gasteiger partial charge in [0.15, 0.2) is 11.4 Å². The van der Waals surface area contributed by atoms with Crippen LogP contribution in [0.15, 0.2) is 28.7 Å². The predicted molar refractivity (Wildman–Crippen MR) is 80.1 cm³/mol. The lowest BCUT2D eigenvalue weighted by molar-refractivity contribution is 0.103. The molecule has 5 nitrogen and oxygen atoms in total. The number of halogens is 2. The highest BCUT2D eigenvalue weighted by Gasteiger charge is 2.20. The van der Waals surface area contributed by atoms with Crippen molar-refractivity contribution in [1.29, 1.82) is 0 Å². The Hall–Kier alpha value is -1.83. The van der Waals surface area contributed by atoms with Gasteiger partial charge < -0.3 is 14.9 Å². The van der Waals surface area contributed by atoms with Crippen LogP contribution in [-0.2, 0) is 18.0 Å². The number of ketones is 1. The molecule has 1 aromatic carbocycles. The Bertz CT molecular complexity index is 721. The van der Waals surface area contributed by atoms with Crippen molar-refractivity contribution < 1.29 is 24.1 Å². The Morgan fingerprint density at radius 1 is 1.41 bits per heavy atom. The number of carbonyl (C=O) groups excluding carboxylic acids is 1. The van der Waals surface area contributed by atoms with Gasteiger partial charge >= 0.3 is 0 Å². The summed E-state index contributed by atoms with van der Waals surface area (Å²) in [6, 6.07) is 5.20. The molecule has 0 aliphatic rings. The molecule has 0 aliphatic heterocycles. The number of aromatic hydroxyl groups is 1. The van der Waals surface area contributed by atoms with E-state index < -0.39 is 11.6 Å². The third kappa shape index (κ3) is 3.32. The molecule has 0 fully saturated rings. The van der Waals surface area contributed by atoms with Crippen LogP contribution in [-0.4, -0.2) is 28.1 Å². The first-order chi connectivity index (χ1) is 10.5. The molecule has 0 aliphatic carbocycles. The largest absolute Gasteiger partial charge is 0.505 e. The minimum absolute atomic E-state index is 0.0642. The van der Waals surface area contributed by atoms with E-state index in [0.717, 1.165) is 6.07 Å². The molecule has 2 N–H and O–H groups in total. The van der Waals surface area contributed by atoms with Gasteiger partial charge in [-0.1, -0.05) is 0 Å². The maximum Gasteiger partial charge on any atom is 0.215 e. The predicted octanol–water partition coefficient (Wildman–Crippen LogP) is 2.56. The molecule has 2 rings (SSSR count). The Balaban J connectivity index is 2.52. The van der Waals surface area contributed by atoms with E-state index in [9.17, 15) is 19.4 Å². The molecule has 0 unspecified atom stereocenters. The molecule has 2 aromatic rings. The van der Waals surface area contributed by atoms with Crippen LogP contribution in [0.5, 0.6) is 5.75 Å². The molecule has 0 radical (unpaired) electrons. The minimum atomic E-state index is -0.578. The average Bonchev–Trinajstić information content (AvgIpc) is 2.51. The number of aromatic nitrogens is 1. The molecular weight excluding hydrogens is 357 g/mol. The second kappa shape index (κ2) is 6.95. The van der Waals surface area contributed by atoms with Crippen molar-refractivity contribution >= 4 is 21.7 Å². The molecular formula is C15H13BrFNO4. The Kier molecular flexibility index (Phi) is 5.23. The van der Waals surface area contributed by atoms with Crippen LogP contribution in [0.1, 0.15) is 27.3 Å². The highest BCUT2D eigenvalue weighted by Crippen LogP contribution is 2.26. The van der Waals surface area contributed by atoms with Crippen LogP contribution in [0.3, 0.4) is 0 Å². The normalized spacial score (nSPS) is 10.7. The number of methoxy groups -OCH3 is 1. The molecule has 1 heterocycles. The highest BCUT2D eigenvalue weighted by atomic mass is 79.9. The lowest BCUT2D eigenvalue weighted by atomic mass is 10.0. The fourth-order valence-corrected chi connectivity index (χ4v) is 2.31. The fourth-order valence-electron chi connectivity index (χ4n) is 1.93. The van der Waals surface area contributed by atoms with Crippen LogP contribution >= 0.6 is 15.9 Å². The van der Waals surface area contributed by atoms with E-state index in [-0.39, 0.29) is 40.4 Å². The van der Waals surface area contributed by atoms with E-state index >= 15 is 0 Å². The summed E-state index contributed by atoms with van der Waals surface area (Å²) in [5.41, 5.74) is 0.520. The zero-order valence-electron chi connectivity index (χ0n) is 11.6. The van der Waals surface area contributed by atoms with Gasteiger partial charge in [-0.2, -0.15) is 0 Å². The SMILES string of the molecule is COCc1cc(CO)nc(C(=O)c2ccc(F)c(Br)c2)c1O. The van der Waals surface area contributed by atoms with Crippen LogP contribution in [0.25, 0.3) is 0 Å². The molecule has 0 saturated heterocycles. The van der Waals surface area contributed by atoms with Gasteiger partial charge in [0.2, 0.25) is 5.78 Å². The number of hydrogen-bond donors (Lipinski definition) is 2. The van der Waals surface area contributed by atoms with E-state index in [1.54, 1.807) is 0 Å². The summed E-state index contributed by atoms with van der Waals surface area (Å²) in [6.07, 6.45) is 0. The first kappa shape index (κ1) is 16.5. The number of nitrogens with zero attached hydrogens (tertiary/aromatic N) is 1. The molecule has 0 atom stereocenters. The van der Waals surface area contributed by atoms with Gasteiger partial charge in [-0.3, -0.25) is 4.79 Å². The summed E-state index contributed by atoms with van der Waals surface area (Å²) in [5, 5.41) is 19.4. The monoisotopic (exact) mass is 369 g/mol. The maximum absolute atomic E-state index is 13.3. The zero-order chi connectivity index (χ0) is 16.3. The van der Waals surface area contributed by atoms with Crippen LogP contribution in [0.4, 0.5) is 4.39 Å². The maximum atomic E-state index is 13.3. The quantitative estimate of drug-likeness (QED) is 0.791. The van der Waals surface area contributed by atoms with E-state index in [1.807, 2.05) is 0 Å². The van der Waals surface area contributed by atoms with Crippen LogP contribution in [0.2, 0.25) is 0 Å². The summed E-state index contributed by atoms with van der Waals surface area (Å²) in [6.45, 7) is -0.320. The number of aliphatic hydroxyl groups excluding tert-OH is 1. The summed E-state index contributed by atoms with van der Waals surface area (Å²) in [7, 11) is 1.44. The van der Waals surface area contributed by atoms with Gasteiger partial charge in [0, 0.05) is 18.2 Å². The Labute approximate surface area is 134 Å². The fraction of sp³-hybridized carbons (Fsp3) is 0.200. The lowest BCUT2D eigenvalue weighted by Gasteiger charge is -2.10. The van der Waals surface area contributed by atoms with Gasteiger partial charge in [-0.15, -0.1) is 0 Å². The van der Waals surface area contributed by atoms with Crippen molar-refractivity contribution in [2.75, 3.05) is 7.11 Å². The molecule has 7 heteroatoms. The summed E-state index contributed by atoms with van der Waals surface area (Å²) >= 11 is 3.00. The van der Waals surface area contributed by atoms with E-state index in [1.165, 1.54) is 25.3 Å². The zero-order valence-corrected chi connectivity index (χ0v) is 13.2.